The normalized spacial score (nSPS) is 22.7. The maximum absolute atomic E-state index is 12.6. The molecule has 10 heteroatoms. The van der Waals surface area contributed by atoms with Crippen LogP contribution in [-0.4, -0.2) is 89.0 Å². The minimum Gasteiger partial charge on any atom is -0.462 e. The summed E-state index contributed by atoms with van der Waals surface area (Å²) in [6.07, 6.45) is 24.7. The van der Waals surface area contributed by atoms with Gasteiger partial charge >= 0.3 is 11.9 Å². The van der Waals surface area contributed by atoms with Crippen molar-refractivity contribution in [2.24, 2.45) is 0 Å². The molecule has 6 atom stereocenters. The third kappa shape index (κ3) is 21.1. The molecule has 0 aromatic heterocycles. The largest absolute Gasteiger partial charge is 0.462 e. The van der Waals surface area contributed by atoms with Gasteiger partial charge in [-0.1, -0.05) is 93.9 Å². The summed E-state index contributed by atoms with van der Waals surface area (Å²) >= 11 is 0. The van der Waals surface area contributed by atoms with Crippen molar-refractivity contribution in [3.8, 4) is 0 Å². The molecule has 1 aliphatic heterocycles. The van der Waals surface area contributed by atoms with Gasteiger partial charge in [-0.3, -0.25) is 9.59 Å². The van der Waals surface area contributed by atoms with E-state index in [2.05, 4.69) is 67.7 Å². The molecule has 1 aliphatic rings. The van der Waals surface area contributed by atoms with Crippen molar-refractivity contribution >= 4 is 11.9 Å². The zero-order valence-corrected chi connectivity index (χ0v) is 28.5. The van der Waals surface area contributed by atoms with E-state index in [0.717, 1.165) is 64.2 Å². The van der Waals surface area contributed by atoms with Gasteiger partial charge in [0.15, 0.2) is 12.4 Å². The number of rotatable bonds is 26. The average molecular weight is 665 g/mol. The summed E-state index contributed by atoms with van der Waals surface area (Å²) in [6.45, 7) is 3.04. The molecule has 0 bridgehead atoms. The zero-order valence-electron chi connectivity index (χ0n) is 28.5. The van der Waals surface area contributed by atoms with Gasteiger partial charge in [0.25, 0.3) is 0 Å². The number of unbranched alkanes of at least 4 members (excludes halogenated alkanes) is 5. The van der Waals surface area contributed by atoms with Crippen LogP contribution >= 0.6 is 0 Å². The van der Waals surface area contributed by atoms with Gasteiger partial charge in [0.1, 0.15) is 31.0 Å². The molecule has 0 aliphatic carbocycles. The Morgan fingerprint density at radius 3 is 1.85 bits per heavy atom. The number of hydrogen-bond acceptors (Lipinski definition) is 10. The predicted molar refractivity (Wildman–Crippen MR) is 182 cm³/mol. The molecule has 0 amide bonds. The Morgan fingerprint density at radius 1 is 0.681 bits per heavy atom. The Morgan fingerprint density at radius 2 is 1.26 bits per heavy atom. The summed E-state index contributed by atoms with van der Waals surface area (Å²) in [5.74, 6) is -0.883. The van der Waals surface area contributed by atoms with Crippen molar-refractivity contribution in [2.45, 2.75) is 141 Å². The Kier molecular flexibility index (Phi) is 25.6. The fraction of sp³-hybridized carbons (Fsp3) is 0.676. The van der Waals surface area contributed by atoms with Gasteiger partial charge in [0, 0.05) is 12.8 Å². The van der Waals surface area contributed by atoms with Crippen LogP contribution in [0.3, 0.4) is 0 Å². The summed E-state index contributed by atoms with van der Waals surface area (Å²) < 4.78 is 21.7. The van der Waals surface area contributed by atoms with Crippen LogP contribution in [0.15, 0.2) is 60.8 Å². The minimum atomic E-state index is -1.60. The van der Waals surface area contributed by atoms with E-state index < -0.39 is 55.4 Å². The molecule has 1 rings (SSSR count). The summed E-state index contributed by atoms with van der Waals surface area (Å²) in [6, 6.07) is 0. The summed E-state index contributed by atoms with van der Waals surface area (Å²) in [4.78, 5) is 24.7. The Hall–Kier alpha value is -2.60. The van der Waals surface area contributed by atoms with E-state index in [-0.39, 0.29) is 26.1 Å². The van der Waals surface area contributed by atoms with Crippen LogP contribution in [-0.2, 0) is 28.5 Å². The Labute approximate surface area is 281 Å². The van der Waals surface area contributed by atoms with Gasteiger partial charge in [-0.15, -0.1) is 0 Å². The van der Waals surface area contributed by atoms with E-state index in [1.54, 1.807) is 0 Å². The predicted octanol–water partition coefficient (Wildman–Crippen LogP) is 5.54. The molecule has 0 saturated carbocycles. The molecule has 1 fully saturated rings. The second kappa shape index (κ2) is 28.4. The average Bonchev–Trinajstić information content (AvgIpc) is 3.06. The molecule has 0 aromatic rings. The highest BCUT2D eigenvalue weighted by Crippen LogP contribution is 2.22. The molecule has 0 spiro atoms. The lowest BCUT2D eigenvalue weighted by Gasteiger charge is -2.39. The lowest BCUT2D eigenvalue weighted by atomic mass is 9.99. The van der Waals surface area contributed by atoms with Gasteiger partial charge in [-0.2, -0.15) is 0 Å². The van der Waals surface area contributed by atoms with Crippen molar-refractivity contribution in [1.29, 1.82) is 0 Å². The van der Waals surface area contributed by atoms with Crippen LogP contribution in [0.4, 0.5) is 0 Å². The van der Waals surface area contributed by atoms with E-state index in [9.17, 15) is 30.0 Å². The van der Waals surface area contributed by atoms with Crippen LogP contribution in [0.2, 0.25) is 0 Å². The smallest absolute Gasteiger partial charge is 0.306 e. The third-order valence-electron chi connectivity index (χ3n) is 7.42. The monoisotopic (exact) mass is 664 g/mol. The van der Waals surface area contributed by atoms with Crippen molar-refractivity contribution in [2.75, 3.05) is 19.8 Å². The van der Waals surface area contributed by atoms with Crippen molar-refractivity contribution in [3.05, 3.63) is 60.8 Å². The molecule has 47 heavy (non-hydrogen) atoms. The first kappa shape index (κ1) is 42.4. The van der Waals surface area contributed by atoms with Crippen LogP contribution in [0.25, 0.3) is 0 Å². The second-order valence-electron chi connectivity index (χ2n) is 11.6. The molecule has 0 radical (unpaired) electrons. The zero-order chi connectivity index (χ0) is 34.5. The van der Waals surface area contributed by atoms with Crippen molar-refractivity contribution in [1.82, 2.24) is 0 Å². The van der Waals surface area contributed by atoms with Gasteiger partial charge in [-0.25, -0.2) is 0 Å². The number of carbonyl (C=O) groups excluding carboxylic acids is 2. The van der Waals surface area contributed by atoms with Crippen LogP contribution in [0, 0.1) is 0 Å². The molecule has 10 nitrogen and oxygen atoms in total. The van der Waals surface area contributed by atoms with Gasteiger partial charge in [0.05, 0.1) is 13.2 Å². The van der Waals surface area contributed by atoms with Gasteiger partial charge in [0.2, 0.25) is 0 Å². The standard InChI is InChI=1S/C37H60O10/c1-3-5-7-8-9-10-11-12-13-14-15-16-17-18-19-20-21-22-24-26-33(40)46-30(28-44-32(39)25-23-6-4-2)29-45-37-36(43)35(42)34(41)31(27-38)47-37/h5,7,9-10,12-13,15-16,18-19,30-31,34-38,41-43H,3-4,6,8,11,14,17,20-29H2,1-2H3/b7-5-,10-9-,13-12-,16-15-,19-18-. The Bertz CT molecular complexity index is 955. The number of allylic oxidation sites excluding steroid dienone is 10. The van der Waals surface area contributed by atoms with Crippen molar-refractivity contribution in [3.63, 3.8) is 0 Å². The highest BCUT2D eigenvalue weighted by Gasteiger charge is 2.44. The van der Waals surface area contributed by atoms with E-state index in [0.29, 0.717) is 12.8 Å². The molecule has 268 valence electrons. The number of esters is 2. The summed E-state index contributed by atoms with van der Waals surface area (Å²) in [7, 11) is 0. The summed E-state index contributed by atoms with van der Waals surface area (Å²) in [5, 5.41) is 39.6. The summed E-state index contributed by atoms with van der Waals surface area (Å²) in [5.41, 5.74) is 0. The van der Waals surface area contributed by atoms with E-state index in [1.165, 1.54) is 0 Å². The van der Waals surface area contributed by atoms with Crippen LogP contribution in [0.5, 0.6) is 0 Å². The van der Waals surface area contributed by atoms with E-state index in [1.807, 2.05) is 6.92 Å². The quantitative estimate of drug-likeness (QED) is 0.0527. The number of aliphatic hydroxyl groups is 4. The molecule has 0 aromatic carbocycles. The maximum atomic E-state index is 12.6. The fourth-order valence-corrected chi connectivity index (χ4v) is 4.62. The Balaban J connectivity index is 2.35. The minimum absolute atomic E-state index is 0.187. The maximum Gasteiger partial charge on any atom is 0.306 e. The number of ether oxygens (including phenoxy) is 4. The molecule has 6 unspecified atom stereocenters. The lowest BCUT2D eigenvalue weighted by Crippen LogP contribution is -2.59. The first-order valence-corrected chi connectivity index (χ1v) is 17.4. The van der Waals surface area contributed by atoms with Gasteiger partial charge in [-0.05, 0) is 57.8 Å². The second-order valence-corrected chi connectivity index (χ2v) is 11.6. The lowest BCUT2D eigenvalue weighted by molar-refractivity contribution is -0.305. The SMILES string of the molecule is CC/C=C\C/C=C\C/C=C\C/C=C\C/C=C\CCCCCC(=O)OC(COC(=O)CCCCC)COC1OC(CO)C(O)C(O)C1O. The number of hydrogen-bond donors (Lipinski definition) is 4. The van der Waals surface area contributed by atoms with Crippen molar-refractivity contribution < 1.29 is 49.0 Å². The van der Waals surface area contributed by atoms with Crippen LogP contribution in [0.1, 0.15) is 104 Å². The third-order valence-corrected chi connectivity index (χ3v) is 7.42. The topological polar surface area (TPSA) is 152 Å². The number of aliphatic hydroxyl groups excluding tert-OH is 4. The molecule has 4 N–H and O–H groups in total. The molecule has 1 heterocycles. The highest BCUT2D eigenvalue weighted by molar-refractivity contribution is 5.70. The fourth-order valence-electron chi connectivity index (χ4n) is 4.62. The van der Waals surface area contributed by atoms with E-state index in [4.69, 9.17) is 18.9 Å². The van der Waals surface area contributed by atoms with Crippen LogP contribution < -0.4 is 0 Å². The first-order chi connectivity index (χ1) is 22.8. The molecular formula is C37H60O10. The van der Waals surface area contributed by atoms with Gasteiger partial charge < -0.3 is 39.4 Å². The molecule has 1 saturated heterocycles. The highest BCUT2D eigenvalue weighted by atomic mass is 16.7. The molecular weight excluding hydrogens is 604 g/mol. The van der Waals surface area contributed by atoms with E-state index >= 15 is 0 Å². The number of carbonyl (C=O) groups is 2. The first-order valence-electron chi connectivity index (χ1n) is 17.4.